The van der Waals surface area contributed by atoms with Crippen LogP contribution in [0.4, 0.5) is 4.39 Å². The Morgan fingerprint density at radius 3 is 2.78 bits per heavy atom. The minimum absolute atomic E-state index is 0.111. The predicted octanol–water partition coefficient (Wildman–Crippen LogP) is 2.56. The van der Waals surface area contributed by atoms with Gasteiger partial charge in [0, 0.05) is 32.4 Å². The maximum Gasteiger partial charge on any atom is 0.325 e. The summed E-state index contributed by atoms with van der Waals surface area (Å²) >= 11 is 0. The first-order valence-electron chi connectivity index (χ1n) is 9.01. The molecule has 2 aromatic rings. The van der Waals surface area contributed by atoms with Crippen molar-refractivity contribution in [3.63, 3.8) is 0 Å². The van der Waals surface area contributed by atoms with Gasteiger partial charge in [-0.2, -0.15) is 0 Å². The molecule has 0 bridgehead atoms. The fraction of sp³-hybridized carbons (Fsp3) is 0.400. The van der Waals surface area contributed by atoms with E-state index in [0.717, 1.165) is 31.7 Å². The first-order valence-corrected chi connectivity index (χ1v) is 9.01. The molecule has 1 aliphatic rings. The third kappa shape index (κ3) is 4.81. The number of halogens is 1. The van der Waals surface area contributed by atoms with Crippen LogP contribution in [0.3, 0.4) is 0 Å². The molecule has 0 spiro atoms. The van der Waals surface area contributed by atoms with Gasteiger partial charge in [0.05, 0.1) is 12.8 Å². The van der Waals surface area contributed by atoms with E-state index in [1.54, 1.807) is 12.3 Å². The number of ether oxygens (including phenoxy) is 1. The van der Waals surface area contributed by atoms with Crippen LogP contribution in [0.5, 0.6) is 5.75 Å². The van der Waals surface area contributed by atoms with Gasteiger partial charge in [-0.1, -0.05) is 12.1 Å². The number of hydrogen-bond donors (Lipinski definition) is 1. The molecule has 1 N–H and O–H groups in total. The molecule has 1 aliphatic heterocycles. The van der Waals surface area contributed by atoms with Crippen LogP contribution in [-0.2, 0) is 11.3 Å². The highest BCUT2D eigenvalue weighted by atomic mass is 19.1. The Morgan fingerprint density at radius 2 is 2.11 bits per heavy atom. The van der Waals surface area contributed by atoms with Gasteiger partial charge in [-0.05, 0) is 42.8 Å². The van der Waals surface area contributed by atoms with Crippen molar-refractivity contribution in [1.82, 2.24) is 14.8 Å². The van der Waals surface area contributed by atoms with Crippen molar-refractivity contribution in [1.29, 1.82) is 0 Å². The number of carboxylic acid groups (broad SMARTS) is 1. The molecule has 0 radical (unpaired) electrons. The summed E-state index contributed by atoms with van der Waals surface area (Å²) in [4.78, 5) is 20.5. The van der Waals surface area contributed by atoms with E-state index in [9.17, 15) is 14.3 Å². The lowest BCUT2D eigenvalue weighted by atomic mass is 10.0. The smallest absolute Gasteiger partial charge is 0.325 e. The molecule has 1 atom stereocenters. The molecule has 27 heavy (non-hydrogen) atoms. The molecule has 0 saturated carbocycles. The van der Waals surface area contributed by atoms with Crippen LogP contribution in [0.15, 0.2) is 42.6 Å². The third-order valence-corrected chi connectivity index (χ3v) is 4.83. The summed E-state index contributed by atoms with van der Waals surface area (Å²) in [5.41, 5.74) is 1.43. The molecule has 0 unspecified atom stereocenters. The van der Waals surface area contributed by atoms with Gasteiger partial charge in [0.25, 0.3) is 0 Å². The average molecular weight is 373 g/mol. The predicted molar refractivity (Wildman–Crippen MR) is 99.0 cm³/mol. The zero-order valence-corrected chi connectivity index (χ0v) is 15.3. The highest BCUT2D eigenvalue weighted by Crippen LogP contribution is 2.27. The lowest BCUT2D eigenvalue weighted by molar-refractivity contribution is -0.143. The van der Waals surface area contributed by atoms with Crippen LogP contribution in [0, 0.1) is 5.82 Å². The zero-order chi connectivity index (χ0) is 19.2. The monoisotopic (exact) mass is 373 g/mol. The Labute approximate surface area is 158 Å². The molecule has 1 aromatic heterocycles. The van der Waals surface area contributed by atoms with Crippen LogP contribution >= 0.6 is 0 Å². The molecule has 3 rings (SSSR count). The second-order valence-corrected chi connectivity index (χ2v) is 6.62. The molecule has 0 amide bonds. The number of aromatic nitrogens is 1. The number of benzene rings is 1. The van der Waals surface area contributed by atoms with Gasteiger partial charge >= 0.3 is 5.97 Å². The molecule has 1 aromatic carbocycles. The SMILES string of the molecule is COc1ccc([C@@H](C(=O)O)N2CCCN(Cc3ccccn3)CC2)cc1F. The Morgan fingerprint density at radius 1 is 1.26 bits per heavy atom. The fourth-order valence-electron chi connectivity index (χ4n) is 3.49. The first kappa shape index (κ1) is 19.3. The van der Waals surface area contributed by atoms with Gasteiger partial charge in [0.1, 0.15) is 6.04 Å². The highest BCUT2D eigenvalue weighted by Gasteiger charge is 2.29. The number of carbonyl (C=O) groups is 1. The molecular formula is C20H24FN3O3. The van der Waals surface area contributed by atoms with Gasteiger partial charge < -0.3 is 9.84 Å². The normalized spacial score (nSPS) is 17.3. The quantitative estimate of drug-likeness (QED) is 0.840. The number of carboxylic acids is 1. The minimum atomic E-state index is -0.974. The summed E-state index contributed by atoms with van der Waals surface area (Å²) in [5.74, 6) is -1.41. The van der Waals surface area contributed by atoms with Gasteiger partial charge in [0.15, 0.2) is 11.6 Å². The van der Waals surface area contributed by atoms with Gasteiger partial charge in [-0.25, -0.2) is 4.39 Å². The van der Waals surface area contributed by atoms with Crippen molar-refractivity contribution in [2.24, 2.45) is 0 Å². The van der Waals surface area contributed by atoms with Crippen LogP contribution in [0.25, 0.3) is 0 Å². The second-order valence-electron chi connectivity index (χ2n) is 6.62. The fourth-order valence-corrected chi connectivity index (χ4v) is 3.49. The van der Waals surface area contributed by atoms with Crippen LogP contribution < -0.4 is 4.74 Å². The molecule has 7 heteroatoms. The van der Waals surface area contributed by atoms with E-state index >= 15 is 0 Å². The summed E-state index contributed by atoms with van der Waals surface area (Å²) < 4.78 is 19.0. The van der Waals surface area contributed by atoms with Crippen LogP contribution in [0.2, 0.25) is 0 Å². The first-order chi connectivity index (χ1) is 13.1. The van der Waals surface area contributed by atoms with E-state index in [0.29, 0.717) is 18.7 Å². The summed E-state index contributed by atoms with van der Waals surface area (Å²) in [6.45, 7) is 3.58. The van der Waals surface area contributed by atoms with Crippen molar-refractivity contribution in [2.45, 2.75) is 19.0 Å². The van der Waals surface area contributed by atoms with E-state index in [1.807, 2.05) is 23.1 Å². The van der Waals surface area contributed by atoms with Crippen molar-refractivity contribution < 1.29 is 19.0 Å². The topological polar surface area (TPSA) is 65.9 Å². The number of rotatable bonds is 6. The number of methoxy groups -OCH3 is 1. The zero-order valence-electron chi connectivity index (χ0n) is 15.3. The Hall–Kier alpha value is -2.51. The largest absolute Gasteiger partial charge is 0.494 e. The molecule has 2 heterocycles. The lowest BCUT2D eigenvalue weighted by Crippen LogP contribution is -2.37. The van der Waals surface area contributed by atoms with E-state index in [4.69, 9.17) is 4.74 Å². The van der Waals surface area contributed by atoms with E-state index in [-0.39, 0.29) is 5.75 Å². The third-order valence-electron chi connectivity index (χ3n) is 4.83. The van der Waals surface area contributed by atoms with Crippen LogP contribution in [0.1, 0.15) is 23.7 Å². The molecule has 1 fully saturated rings. The standard InChI is InChI=1S/C20H24FN3O3/c1-27-18-7-6-15(13-17(18)21)19(20(25)26)24-10-4-9-23(11-12-24)14-16-5-2-3-8-22-16/h2-3,5-8,13,19H,4,9-12,14H2,1H3,(H,25,26)/t19-/m0/s1. The number of nitrogens with zero attached hydrogens (tertiary/aromatic N) is 3. The minimum Gasteiger partial charge on any atom is -0.494 e. The van der Waals surface area contributed by atoms with Gasteiger partial charge in [0.2, 0.25) is 0 Å². The van der Waals surface area contributed by atoms with Crippen molar-refractivity contribution in [3.8, 4) is 5.75 Å². The Balaban J connectivity index is 1.71. The summed E-state index contributed by atoms with van der Waals surface area (Å²) in [7, 11) is 1.39. The van der Waals surface area contributed by atoms with Gasteiger partial charge in [-0.3, -0.25) is 19.6 Å². The van der Waals surface area contributed by atoms with Crippen LogP contribution in [-0.4, -0.2) is 59.1 Å². The lowest BCUT2D eigenvalue weighted by Gasteiger charge is -2.28. The molecular weight excluding hydrogens is 349 g/mol. The maximum atomic E-state index is 14.1. The second kappa shape index (κ2) is 8.92. The average Bonchev–Trinajstić information content (AvgIpc) is 2.88. The molecule has 144 valence electrons. The molecule has 0 aliphatic carbocycles. The van der Waals surface area contributed by atoms with Crippen molar-refractivity contribution in [3.05, 3.63) is 59.7 Å². The highest BCUT2D eigenvalue weighted by molar-refractivity contribution is 5.75. The Kier molecular flexibility index (Phi) is 6.36. The maximum absolute atomic E-state index is 14.1. The number of pyridine rings is 1. The Bertz CT molecular complexity index is 772. The number of aliphatic carboxylic acids is 1. The van der Waals surface area contributed by atoms with E-state index in [1.165, 1.54) is 19.2 Å². The van der Waals surface area contributed by atoms with E-state index < -0.39 is 17.8 Å². The van der Waals surface area contributed by atoms with E-state index in [2.05, 4.69) is 9.88 Å². The van der Waals surface area contributed by atoms with Crippen molar-refractivity contribution in [2.75, 3.05) is 33.3 Å². The van der Waals surface area contributed by atoms with Gasteiger partial charge in [-0.15, -0.1) is 0 Å². The summed E-state index contributed by atoms with van der Waals surface area (Å²) in [6, 6.07) is 9.32. The van der Waals surface area contributed by atoms with Crippen molar-refractivity contribution >= 4 is 5.97 Å². The number of hydrogen-bond acceptors (Lipinski definition) is 5. The summed E-state index contributed by atoms with van der Waals surface area (Å²) in [6.07, 6.45) is 2.62. The molecule has 1 saturated heterocycles. The summed E-state index contributed by atoms with van der Waals surface area (Å²) in [5, 5.41) is 9.77. The molecule has 6 nitrogen and oxygen atoms in total.